The number of carbonyl (C=O) groups excluding carboxylic acids is 1. The van der Waals surface area contributed by atoms with E-state index in [1.807, 2.05) is 54.8 Å². The van der Waals surface area contributed by atoms with Gasteiger partial charge in [-0.3, -0.25) is 4.79 Å². The molecule has 4 rings (SSSR count). The molecule has 0 radical (unpaired) electrons. The predicted octanol–water partition coefficient (Wildman–Crippen LogP) is 5.91. The van der Waals surface area contributed by atoms with E-state index < -0.39 is 0 Å². The Labute approximate surface area is 160 Å². The summed E-state index contributed by atoms with van der Waals surface area (Å²) in [6, 6.07) is 15.0. The van der Waals surface area contributed by atoms with E-state index >= 15 is 0 Å². The summed E-state index contributed by atoms with van der Waals surface area (Å²) in [7, 11) is 0. The van der Waals surface area contributed by atoms with Crippen LogP contribution >= 0.6 is 22.9 Å². The van der Waals surface area contributed by atoms with Crippen LogP contribution in [0.5, 0.6) is 11.5 Å². The lowest BCUT2D eigenvalue weighted by Crippen LogP contribution is -2.00. The average molecular weight is 383 g/mol. The largest absolute Gasteiger partial charge is 0.489 e. The number of benzene rings is 2. The zero-order valence-corrected chi connectivity index (χ0v) is 15.6. The van der Waals surface area contributed by atoms with Crippen LogP contribution in [0.25, 0.3) is 6.08 Å². The molecule has 0 aliphatic carbocycles. The molecule has 1 aromatic heterocycles. The molecule has 0 spiro atoms. The Bertz CT molecular complexity index is 1010. The highest BCUT2D eigenvalue weighted by Crippen LogP contribution is 2.38. The Hall–Kier alpha value is -2.56. The summed E-state index contributed by atoms with van der Waals surface area (Å²) in [5.74, 6) is 1.43. The average Bonchev–Trinajstić information content (AvgIpc) is 3.23. The fourth-order valence-electron chi connectivity index (χ4n) is 2.84. The summed E-state index contributed by atoms with van der Waals surface area (Å²) >= 11 is 7.72. The molecular weight excluding hydrogens is 368 g/mol. The van der Waals surface area contributed by atoms with E-state index in [0.29, 0.717) is 34.5 Å². The molecule has 3 nitrogen and oxygen atoms in total. The van der Waals surface area contributed by atoms with Crippen molar-refractivity contribution in [3.05, 3.63) is 86.3 Å². The Balaban J connectivity index is 1.58. The van der Waals surface area contributed by atoms with Crippen molar-refractivity contribution in [3.63, 3.8) is 0 Å². The van der Waals surface area contributed by atoms with Crippen molar-refractivity contribution in [3.8, 4) is 11.5 Å². The van der Waals surface area contributed by atoms with Gasteiger partial charge in [0, 0.05) is 27.6 Å². The highest BCUT2D eigenvalue weighted by Gasteiger charge is 2.30. The quantitative estimate of drug-likeness (QED) is 0.526. The lowest BCUT2D eigenvalue weighted by molar-refractivity contribution is 0.101. The summed E-state index contributed by atoms with van der Waals surface area (Å²) in [5, 5.41) is 2.63. The number of fused-ring (bicyclic) bond motifs is 1. The van der Waals surface area contributed by atoms with Gasteiger partial charge in [0.05, 0.1) is 5.56 Å². The molecule has 130 valence electrons. The molecule has 0 saturated heterocycles. The maximum absolute atomic E-state index is 12.6. The molecule has 2 heterocycles. The number of allylic oxidation sites excluding steroid dienone is 1. The lowest BCUT2D eigenvalue weighted by Gasteiger charge is -2.10. The SMILES string of the molecule is Cc1cc(OCc2ccccc2Cl)cc2c1C(=O)/C(=C/c1cccs1)O2. The molecule has 26 heavy (non-hydrogen) atoms. The van der Waals surface area contributed by atoms with Crippen LogP contribution in [-0.4, -0.2) is 5.78 Å². The van der Waals surface area contributed by atoms with Crippen LogP contribution < -0.4 is 9.47 Å². The summed E-state index contributed by atoms with van der Waals surface area (Å²) in [6.07, 6.45) is 1.77. The highest BCUT2D eigenvalue weighted by atomic mass is 35.5. The van der Waals surface area contributed by atoms with Crippen molar-refractivity contribution in [2.75, 3.05) is 0 Å². The van der Waals surface area contributed by atoms with Crippen molar-refractivity contribution in [2.45, 2.75) is 13.5 Å². The maximum atomic E-state index is 12.6. The first-order chi connectivity index (χ1) is 12.6. The zero-order valence-electron chi connectivity index (χ0n) is 14.0. The number of ketones is 1. The van der Waals surface area contributed by atoms with Gasteiger partial charge in [0.2, 0.25) is 5.78 Å². The first-order valence-corrected chi connectivity index (χ1v) is 9.36. The van der Waals surface area contributed by atoms with Gasteiger partial charge in [-0.2, -0.15) is 0 Å². The highest BCUT2D eigenvalue weighted by molar-refractivity contribution is 7.10. The standard InChI is InChI=1S/C21H15ClO3S/c1-13-9-15(24-12-14-5-2-3-7-17(14)22)10-18-20(13)21(23)19(25-18)11-16-6-4-8-26-16/h2-11H,12H2,1H3/b19-11-. The van der Waals surface area contributed by atoms with Gasteiger partial charge in [-0.15, -0.1) is 11.3 Å². The van der Waals surface area contributed by atoms with Crippen LogP contribution in [0.1, 0.15) is 26.4 Å². The molecular formula is C21H15ClO3S. The first-order valence-electron chi connectivity index (χ1n) is 8.10. The predicted molar refractivity (Wildman–Crippen MR) is 104 cm³/mol. The molecule has 1 aliphatic rings. The summed E-state index contributed by atoms with van der Waals surface area (Å²) < 4.78 is 11.7. The number of ether oxygens (including phenoxy) is 2. The monoisotopic (exact) mass is 382 g/mol. The van der Waals surface area contributed by atoms with Gasteiger partial charge >= 0.3 is 0 Å². The number of carbonyl (C=O) groups is 1. The smallest absolute Gasteiger partial charge is 0.232 e. The first kappa shape index (κ1) is 16.9. The number of halogens is 1. The number of aryl methyl sites for hydroxylation is 1. The van der Waals surface area contributed by atoms with Crippen molar-refractivity contribution >= 4 is 34.8 Å². The number of Topliss-reactive ketones (excluding diaryl/α,β-unsaturated/α-hetero) is 1. The third kappa shape index (κ3) is 3.26. The molecule has 5 heteroatoms. The number of thiophene rings is 1. The van der Waals surface area contributed by atoms with Gasteiger partial charge < -0.3 is 9.47 Å². The molecule has 3 aromatic rings. The van der Waals surface area contributed by atoms with Gasteiger partial charge in [-0.05, 0) is 36.1 Å². The van der Waals surface area contributed by atoms with E-state index in [2.05, 4.69) is 0 Å². The Kier molecular flexibility index (Phi) is 4.53. The molecule has 0 N–H and O–H groups in total. The van der Waals surface area contributed by atoms with Crippen LogP contribution in [0, 0.1) is 6.92 Å². The van der Waals surface area contributed by atoms with Crippen molar-refractivity contribution in [1.82, 2.24) is 0 Å². The van der Waals surface area contributed by atoms with Gasteiger partial charge in [0.1, 0.15) is 18.1 Å². The summed E-state index contributed by atoms with van der Waals surface area (Å²) in [4.78, 5) is 13.6. The minimum atomic E-state index is -0.0939. The molecule has 0 saturated carbocycles. The molecule has 0 amide bonds. The fraction of sp³-hybridized carbons (Fsp3) is 0.0952. The molecule has 0 bridgehead atoms. The van der Waals surface area contributed by atoms with E-state index in [1.54, 1.807) is 23.5 Å². The normalized spacial score (nSPS) is 14.4. The molecule has 0 fully saturated rings. The second-order valence-electron chi connectivity index (χ2n) is 5.95. The Morgan fingerprint density at radius 1 is 1.19 bits per heavy atom. The Morgan fingerprint density at radius 2 is 2.04 bits per heavy atom. The maximum Gasteiger partial charge on any atom is 0.232 e. The zero-order chi connectivity index (χ0) is 18.1. The van der Waals surface area contributed by atoms with E-state index in [1.165, 1.54) is 0 Å². The third-order valence-electron chi connectivity index (χ3n) is 4.11. The van der Waals surface area contributed by atoms with Crippen molar-refractivity contribution in [1.29, 1.82) is 0 Å². The van der Waals surface area contributed by atoms with E-state index in [0.717, 1.165) is 16.0 Å². The van der Waals surface area contributed by atoms with Crippen LogP contribution in [-0.2, 0) is 6.61 Å². The minimum absolute atomic E-state index is 0.0939. The van der Waals surface area contributed by atoms with Crippen LogP contribution in [0.2, 0.25) is 5.02 Å². The van der Waals surface area contributed by atoms with Gasteiger partial charge in [-0.1, -0.05) is 35.9 Å². The van der Waals surface area contributed by atoms with Crippen molar-refractivity contribution in [2.24, 2.45) is 0 Å². The Morgan fingerprint density at radius 3 is 2.81 bits per heavy atom. The minimum Gasteiger partial charge on any atom is -0.489 e. The van der Waals surface area contributed by atoms with E-state index in [4.69, 9.17) is 21.1 Å². The number of rotatable bonds is 4. The second-order valence-corrected chi connectivity index (χ2v) is 7.34. The summed E-state index contributed by atoms with van der Waals surface area (Å²) in [6.45, 7) is 2.24. The molecule has 0 unspecified atom stereocenters. The lowest BCUT2D eigenvalue weighted by atomic mass is 10.0. The van der Waals surface area contributed by atoms with Crippen LogP contribution in [0.4, 0.5) is 0 Å². The number of hydrogen-bond donors (Lipinski definition) is 0. The topological polar surface area (TPSA) is 35.5 Å². The fourth-order valence-corrected chi connectivity index (χ4v) is 3.68. The number of hydrogen-bond acceptors (Lipinski definition) is 4. The van der Waals surface area contributed by atoms with Gasteiger partial charge in [0.15, 0.2) is 5.76 Å². The van der Waals surface area contributed by atoms with Crippen molar-refractivity contribution < 1.29 is 14.3 Å². The molecule has 2 aromatic carbocycles. The summed E-state index contributed by atoms with van der Waals surface area (Å²) in [5.41, 5.74) is 2.33. The van der Waals surface area contributed by atoms with Gasteiger partial charge in [0.25, 0.3) is 0 Å². The molecule has 0 atom stereocenters. The third-order valence-corrected chi connectivity index (χ3v) is 5.30. The molecule has 1 aliphatic heterocycles. The van der Waals surface area contributed by atoms with Gasteiger partial charge in [-0.25, -0.2) is 0 Å². The van der Waals surface area contributed by atoms with Crippen LogP contribution in [0.3, 0.4) is 0 Å². The second kappa shape index (κ2) is 6.98. The van der Waals surface area contributed by atoms with E-state index in [9.17, 15) is 4.79 Å². The van der Waals surface area contributed by atoms with E-state index in [-0.39, 0.29) is 5.78 Å². The van der Waals surface area contributed by atoms with Crippen LogP contribution in [0.15, 0.2) is 59.7 Å².